The van der Waals surface area contributed by atoms with Gasteiger partial charge in [0.2, 0.25) is 0 Å². The minimum Gasteiger partial charge on any atom is -0.369 e. The molecule has 2 aromatic rings. The van der Waals surface area contributed by atoms with Crippen LogP contribution in [0.4, 0.5) is 5.82 Å². The summed E-state index contributed by atoms with van der Waals surface area (Å²) in [4.78, 5) is 0. The van der Waals surface area contributed by atoms with Gasteiger partial charge in [0.1, 0.15) is 5.82 Å². The lowest BCUT2D eigenvalue weighted by atomic mass is 9.99. The lowest BCUT2D eigenvalue weighted by Crippen LogP contribution is -2.07. The molecule has 0 spiro atoms. The van der Waals surface area contributed by atoms with Crippen molar-refractivity contribution in [1.29, 1.82) is 0 Å². The molecule has 3 heteroatoms. The number of rotatable bonds is 2. The highest BCUT2D eigenvalue weighted by Gasteiger charge is 2.29. The van der Waals surface area contributed by atoms with Crippen LogP contribution in [0.3, 0.4) is 0 Å². The number of aromatic nitrogens is 2. The van der Waals surface area contributed by atoms with E-state index in [9.17, 15) is 0 Å². The van der Waals surface area contributed by atoms with Gasteiger partial charge in [-0.1, -0.05) is 25.0 Å². The Bertz CT molecular complexity index is 678. The summed E-state index contributed by atoms with van der Waals surface area (Å²) >= 11 is 0. The summed E-state index contributed by atoms with van der Waals surface area (Å²) in [5, 5.41) is 8.60. The van der Waals surface area contributed by atoms with Gasteiger partial charge in [-0.25, -0.2) is 4.68 Å². The maximum atomic E-state index is 5.04. The highest BCUT2D eigenvalue weighted by atomic mass is 15.3. The molecule has 2 heterocycles. The molecule has 3 nitrogen and oxygen atoms in total. The Hall–Kier alpha value is -1.77. The van der Waals surface area contributed by atoms with Crippen molar-refractivity contribution >= 4 is 5.82 Å². The van der Waals surface area contributed by atoms with E-state index in [2.05, 4.69) is 42.0 Å². The van der Waals surface area contributed by atoms with Crippen molar-refractivity contribution in [2.75, 3.05) is 11.9 Å². The Morgan fingerprint density at radius 2 is 2.00 bits per heavy atom. The summed E-state index contributed by atoms with van der Waals surface area (Å²) in [6.45, 7) is 5.43. The van der Waals surface area contributed by atoms with Gasteiger partial charge in [-0.3, -0.25) is 0 Å². The Balaban J connectivity index is 1.86. The molecule has 1 aliphatic carbocycles. The molecule has 0 atom stereocenters. The van der Waals surface area contributed by atoms with Crippen LogP contribution in [0.1, 0.15) is 54.0 Å². The molecule has 0 saturated heterocycles. The zero-order valence-electron chi connectivity index (χ0n) is 12.9. The predicted molar refractivity (Wildman–Crippen MR) is 86.4 cm³/mol. The fourth-order valence-corrected chi connectivity index (χ4v) is 3.87. The largest absolute Gasteiger partial charge is 0.369 e. The zero-order valence-corrected chi connectivity index (χ0v) is 12.9. The number of hydrogen-bond donors (Lipinski definition) is 1. The van der Waals surface area contributed by atoms with Crippen molar-refractivity contribution in [2.45, 2.75) is 51.9 Å². The van der Waals surface area contributed by atoms with E-state index in [0.717, 1.165) is 13.0 Å². The Kier molecular flexibility index (Phi) is 3.02. The first-order chi connectivity index (χ1) is 10.3. The average molecular weight is 281 g/mol. The maximum Gasteiger partial charge on any atom is 0.133 e. The van der Waals surface area contributed by atoms with Gasteiger partial charge in [0, 0.05) is 18.0 Å². The van der Waals surface area contributed by atoms with Crippen molar-refractivity contribution < 1.29 is 0 Å². The minimum atomic E-state index is 0.685. The van der Waals surface area contributed by atoms with Crippen molar-refractivity contribution in [2.24, 2.45) is 0 Å². The molecule has 0 unspecified atom stereocenters. The van der Waals surface area contributed by atoms with Gasteiger partial charge in [-0.05, 0) is 50.3 Å². The molecule has 1 saturated carbocycles. The van der Waals surface area contributed by atoms with Gasteiger partial charge >= 0.3 is 0 Å². The molecular formula is C18H23N3. The molecule has 1 aliphatic heterocycles. The van der Waals surface area contributed by atoms with E-state index in [1.165, 1.54) is 59.6 Å². The molecule has 0 amide bonds. The fourth-order valence-electron chi connectivity index (χ4n) is 3.87. The summed E-state index contributed by atoms with van der Waals surface area (Å²) in [6, 6.07) is 6.50. The summed E-state index contributed by atoms with van der Waals surface area (Å²) in [7, 11) is 0. The fraction of sp³-hybridized carbons (Fsp3) is 0.500. The first-order valence-corrected chi connectivity index (χ1v) is 8.18. The van der Waals surface area contributed by atoms with E-state index in [1.807, 2.05) is 0 Å². The third-order valence-corrected chi connectivity index (χ3v) is 5.23. The third kappa shape index (κ3) is 1.98. The van der Waals surface area contributed by atoms with Crippen LogP contribution in [-0.2, 0) is 6.42 Å². The highest BCUT2D eigenvalue weighted by Crippen LogP contribution is 2.40. The molecule has 1 fully saturated rings. The van der Waals surface area contributed by atoms with Gasteiger partial charge < -0.3 is 5.32 Å². The molecule has 4 rings (SSSR count). The summed E-state index contributed by atoms with van der Waals surface area (Å²) in [5.41, 5.74) is 6.73. The Morgan fingerprint density at radius 3 is 2.81 bits per heavy atom. The minimum absolute atomic E-state index is 0.685. The van der Waals surface area contributed by atoms with Crippen molar-refractivity contribution in [3.8, 4) is 5.69 Å². The quantitative estimate of drug-likeness (QED) is 0.897. The smallest absolute Gasteiger partial charge is 0.133 e. The van der Waals surface area contributed by atoms with E-state index >= 15 is 0 Å². The molecular weight excluding hydrogens is 258 g/mol. The normalized spacial score (nSPS) is 18.0. The molecule has 0 radical (unpaired) electrons. The summed E-state index contributed by atoms with van der Waals surface area (Å²) < 4.78 is 2.16. The van der Waals surface area contributed by atoms with E-state index < -0.39 is 0 Å². The monoisotopic (exact) mass is 281 g/mol. The van der Waals surface area contributed by atoms with Crippen LogP contribution >= 0.6 is 0 Å². The van der Waals surface area contributed by atoms with E-state index in [4.69, 9.17) is 5.10 Å². The van der Waals surface area contributed by atoms with E-state index in [1.54, 1.807) is 0 Å². The van der Waals surface area contributed by atoms with Crippen LogP contribution in [0.15, 0.2) is 18.2 Å². The average Bonchev–Trinajstić information content (AvgIpc) is 3.17. The van der Waals surface area contributed by atoms with Crippen molar-refractivity contribution in [3.05, 3.63) is 40.6 Å². The zero-order chi connectivity index (χ0) is 14.4. The standard InChI is InChI=1S/C18H23N3/c1-12-6-5-9-16(13(12)2)21-18-15(10-11-19-18)17(20-21)14-7-3-4-8-14/h5-6,9,14,19H,3-4,7-8,10-11H2,1-2H3. The first kappa shape index (κ1) is 12.9. The molecule has 2 aliphatic rings. The number of nitrogens with one attached hydrogen (secondary N) is 1. The molecule has 1 aromatic heterocycles. The van der Waals surface area contributed by atoms with E-state index in [0.29, 0.717) is 5.92 Å². The van der Waals surface area contributed by atoms with Crippen molar-refractivity contribution in [1.82, 2.24) is 9.78 Å². The van der Waals surface area contributed by atoms with Gasteiger partial charge in [0.15, 0.2) is 0 Å². The second kappa shape index (κ2) is 4.90. The Morgan fingerprint density at radius 1 is 1.19 bits per heavy atom. The molecule has 1 aromatic carbocycles. The van der Waals surface area contributed by atoms with Crippen LogP contribution in [0.5, 0.6) is 0 Å². The highest BCUT2D eigenvalue weighted by molar-refractivity contribution is 5.59. The lowest BCUT2D eigenvalue weighted by Gasteiger charge is -2.12. The predicted octanol–water partition coefficient (Wildman–Crippen LogP) is 4.11. The van der Waals surface area contributed by atoms with Gasteiger partial charge in [-0.15, -0.1) is 0 Å². The maximum absolute atomic E-state index is 5.04. The second-order valence-corrected chi connectivity index (χ2v) is 6.50. The van der Waals surface area contributed by atoms with Gasteiger partial charge in [0.05, 0.1) is 11.4 Å². The topological polar surface area (TPSA) is 29.9 Å². The number of fused-ring (bicyclic) bond motifs is 1. The first-order valence-electron chi connectivity index (χ1n) is 8.18. The SMILES string of the molecule is Cc1cccc(-n2nc(C3CCCC3)c3c2NCC3)c1C. The number of aryl methyl sites for hydroxylation is 1. The third-order valence-electron chi connectivity index (χ3n) is 5.23. The number of benzene rings is 1. The Labute approximate surface area is 126 Å². The number of anilines is 1. The number of hydrogen-bond acceptors (Lipinski definition) is 2. The second-order valence-electron chi connectivity index (χ2n) is 6.50. The molecule has 110 valence electrons. The molecule has 1 N–H and O–H groups in total. The summed E-state index contributed by atoms with van der Waals surface area (Å²) in [6.07, 6.45) is 6.49. The van der Waals surface area contributed by atoms with Gasteiger partial charge in [-0.2, -0.15) is 5.10 Å². The molecule has 21 heavy (non-hydrogen) atoms. The van der Waals surface area contributed by atoms with Crippen LogP contribution in [0.25, 0.3) is 5.69 Å². The van der Waals surface area contributed by atoms with Crippen LogP contribution in [-0.4, -0.2) is 16.3 Å². The molecule has 0 bridgehead atoms. The van der Waals surface area contributed by atoms with Crippen LogP contribution in [0.2, 0.25) is 0 Å². The van der Waals surface area contributed by atoms with Crippen molar-refractivity contribution in [3.63, 3.8) is 0 Å². The van der Waals surface area contributed by atoms with Crippen LogP contribution < -0.4 is 5.32 Å². The van der Waals surface area contributed by atoms with Gasteiger partial charge in [0.25, 0.3) is 0 Å². The summed E-state index contributed by atoms with van der Waals surface area (Å²) in [5.74, 6) is 1.93. The lowest BCUT2D eigenvalue weighted by molar-refractivity contribution is 0.669. The van der Waals surface area contributed by atoms with E-state index in [-0.39, 0.29) is 0 Å². The number of nitrogens with zero attached hydrogens (tertiary/aromatic N) is 2. The van der Waals surface area contributed by atoms with Crippen LogP contribution in [0, 0.1) is 13.8 Å².